The van der Waals surface area contributed by atoms with Crippen molar-refractivity contribution in [2.24, 2.45) is 0 Å². The molecule has 7 heteroatoms. The summed E-state index contributed by atoms with van der Waals surface area (Å²) in [6.45, 7) is 3.96. The topological polar surface area (TPSA) is 49.4 Å². The van der Waals surface area contributed by atoms with Gasteiger partial charge in [-0.25, -0.2) is 8.42 Å². The molecular weight excluding hydrogens is 396 g/mol. The highest BCUT2D eigenvalue weighted by Crippen LogP contribution is 2.29. The third-order valence-electron chi connectivity index (χ3n) is 3.23. The van der Waals surface area contributed by atoms with Crippen LogP contribution in [0.5, 0.6) is 0 Å². The molecule has 0 radical (unpaired) electrons. The Hall–Kier alpha value is 0.0500. The average Bonchev–Trinajstić information content (AvgIpc) is 2.82. The van der Waals surface area contributed by atoms with Gasteiger partial charge in [-0.2, -0.15) is 4.31 Å². The zero-order valence-electron chi connectivity index (χ0n) is 10.6. The van der Waals surface area contributed by atoms with Gasteiger partial charge in [0.15, 0.2) is 0 Å². The Balaban J connectivity index is 2.39. The molecule has 1 fully saturated rings. The van der Waals surface area contributed by atoms with Crippen LogP contribution in [-0.4, -0.2) is 38.4 Å². The summed E-state index contributed by atoms with van der Waals surface area (Å²) in [6, 6.07) is 5.19. The van der Waals surface area contributed by atoms with E-state index in [1.807, 2.05) is 6.92 Å². The SMILES string of the molecule is CCN(C1CCNC1)S(=O)(=O)c1ccc(Br)cc1Br. The largest absolute Gasteiger partial charge is 0.315 e. The first kappa shape index (κ1) is 15.4. The number of likely N-dealkylation sites (N-methyl/N-ethyl adjacent to an activating group) is 1. The van der Waals surface area contributed by atoms with Crippen LogP contribution >= 0.6 is 31.9 Å². The Morgan fingerprint density at radius 2 is 2.16 bits per heavy atom. The van der Waals surface area contributed by atoms with Crippen LogP contribution in [0.15, 0.2) is 32.0 Å². The number of nitrogens with zero attached hydrogens (tertiary/aromatic N) is 1. The summed E-state index contributed by atoms with van der Waals surface area (Å²) in [5.41, 5.74) is 0. The molecule has 1 heterocycles. The molecule has 0 spiro atoms. The van der Waals surface area contributed by atoms with E-state index in [4.69, 9.17) is 0 Å². The standard InChI is InChI=1S/C12H16Br2N2O2S/c1-2-16(10-5-6-15-8-10)19(17,18)12-4-3-9(13)7-11(12)14/h3-4,7,10,15H,2,5-6,8H2,1H3. The quantitative estimate of drug-likeness (QED) is 0.828. The highest BCUT2D eigenvalue weighted by molar-refractivity contribution is 9.11. The Morgan fingerprint density at radius 3 is 2.68 bits per heavy atom. The molecule has 1 aromatic carbocycles. The summed E-state index contributed by atoms with van der Waals surface area (Å²) in [6.07, 6.45) is 0.862. The maximum absolute atomic E-state index is 12.7. The van der Waals surface area contributed by atoms with Crippen LogP contribution in [0.4, 0.5) is 0 Å². The van der Waals surface area contributed by atoms with E-state index < -0.39 is 10.0 Å². The molecule has 0 saturated carbocycles. The van der Waals surface area contributed by atoms with Crippen LogP contribution in [0.25, 0.3) is 0 Å². The summed E-state index contributed by atoms with van der Waals surface area (Å²) >= 11 is 6.67. The van der Waals surface area contributed by atoms with E-state index in [9.17, 15) is 8.42 Å². The van der Waals surface area contributed by atoms with Gasteiger partial charge in [-0.1, -0.05) is 22.9 Å². The number of rotatable bonds is 4. The fraction of sp³-hybridized carbons (Fsp3) is 0.500. The highest BCUT2D eigenvalue weighted by Gasteiger charge is 2.33. The first-order valence-corrected chi connectivity index (χ1v) is 9.17. The predicted octanol–water partition coefficient (Wildman–Crippen LogP) is 2.58. The van der Waals surface area contributed by atoms with E-state index in [1.54, 1.807) is 22.5 Å². The minimum Gasteiger partial charge on any atom is -0.315 e. The summed E-state index contributed by atoms with van der Waals surface area (Å²) in [4.78, 5) is 0.324. The van der Waals surface area contributed by atoms with Crippen LogP contribution in [0, 0.1) is 0 Å². The van der Waals surface area contributed by atoms with Gasteiger partial charge in [0, 0.05) is 28.1 Å². The van der Waals surface area contributed by atoms with Crippen molar-refractivity contribution in [3.63, 3.8) is 0 Å². The van der Waals surface area contributed by atoms with Gasteiger partial charge in [-0.05, 0) is 47.1 Å². The van der Waals surface area contributed by atoms with Gasteiger partial charge in [-0.3, -0.25) is 0 Å². The molecule has 1 aliphatic rings. The summed E-state index contributed by atoms with van der Waals surface area (Å²) < 4.78 is 28.5. The second kappa shape index (κ2) is 6.22. The summed E-state index contributed by atoms with van der Waals surface area (Å²) in [5, 5.41) is 3.21. The second-order valence-corrected chi connectivity index (χ2v) is 8.06. The third-order valence-corrected chi connectivity index (χ3v) is 6.73. The minimum absolute atomic E-state index is 0.0468. The van der Waals surface area contributed by atoms with E-state index in [2.05, 4.69) is 37.2 Å². The van der Waals surface area contributed by atoms with E-state index in [0.717, 1.165) is 24.0 Å². The van der Waals surface area contributed by atoms with E-state index in [1.165, 1.54) is 0 Å². The first-order valence-electron chi connectivity index (χ1n) is 6.14. The molecule has 1 atom stereocenters. The monoisotopic (exact) mass is 410 g/mol. The highest BCUT2D eigenvalue weighted by atomic mass is 79.9. The zero-order chi connectivity index (χ0) is 14.0. The van der Waals surface area contributed by atoms with Gasteiger partial charge in [0.1, 0.15) is 0 Å². The van der Waals surface area contributed by atoms with Crippen molar-refractivity contribution in [1.82, 2.24) is 9.62 Å². The fourth-order valence-electron chi connectivity index (χ4n) is 2.32. The maximum atomic E-state index is 12.7. The zero-order valence-corrected chi connectivity index (χ0v) is 14.6. The Bertz CT molecular complexity index is 557. The molecule has 106 valence electrons. The number of hydrogen-bond donors (Lipinski definition) is 1. The summed E-state index contributed by atoms with van der Waals surface area (Å²) in [5.74, 6) is 0. The predicted molar refractivity (Wildman–Crippen MR) is 82.7 cm³/mol. The Morgan fingerprint density at radius 1 is 1.42 bits per heavy atom. The summed E-state index contributed by atoms with van der Waals surface area (Å²) in [7, 11) is -3.46. The van der Waals surface area contributed by atoms with Crippen LogP contribution in [-0.2, 0) is 10.0 Å². The van der Waals surface area contributed by atoms with E-state index in [0.29, 0.717) is 15.9 Å². The maximum Gasteiger partial charge on any atom is 0.244 e. The minimum atomic E-state index is -3.46. The van der Waals surface area contributed by atoms with Gasteiger partial charge < -0.3 is 5.32 Å². The molecule has 0 bridgehead atoms. The van der Waals surface area contributed by atoms with Gasteiger partial charge >= 0.3 is 0 Å². The normalized spacial score (nSPS) is 20.1. The molecule has 1 unspecified atom stereocenters. The van der Waals surface area contributed by atoms with Gasteiger partial charge in [-0.15, -0.1) is 0 Å². The van der Waals surface area contributed by atoms with Gasteiger partial charge in [0.05, 0.1) is 4.90 Å². The van der Waals surface area contributed by atoms with Crippen molar-refractivity contribution in [2.75, 3.05) is 19.6 Å². The Kier molecular flexibility index (Phi) is 5.05. The lowest BCUT2D eigenvalue weighted by Crippen LogP contribution is -2.41. The average molecular weight is 412 g/mol. The van der Waals surface area contributed by atoms with Crippen molar-refractivity contribution >= 4 is 41.9 Å². The molecule has 1 aliphatic heterocycles. The lowest BCUT2D eigenvalue weighted by atomic mass is 10.3. The lowest BCUT2D eigenvalue weighted by Gasteiger charge is -2.26. The van der Waals surface area contributed by atoms with Crippen molar-refractivity contribution in [2.45, 2.75) is 24.3 Å². The molecule has 0 amide bonds. The molecule has 4 nitrogen and oxygen atoms in total. The number of nitrogens with one attached hydrogen (secondary N) is 1. The fourth-order valence-corrected chi connectivity index (χ4v) is 5.69. The van der Waals surface area contributed by atoms with Crippen LogP contribution in [0.3, 0.4) is 0 Å². The molecule has 1 saturated heterocycles. The third kappa shape index (κ3) is 3.21. The smallest absolute Gasteiger partial charge is 0.244 e. The van der Waals surface area contributed by atoms with Crippen LogP contribution in [0.2, 0.25) is 0 Å². The number of halogens is 2. The number of hydrogen-bond acceptors (Lipinski definition) is 3. The second-order valence-electron chi connectivity index (χ2n) is 4.43. The van der Waals surface area contributed by atoms with E-state index >= 15 is 0 Å². The van der Waals surface area contributed by atoms with Crippen molar-refractivity contribution in [3.8, 4) is 0 Å². The number of benzene rings is 1. The van der Waals surface area contributed by atoms with Gasteiger partial charge in [0.25, 0.3) is 0 Å². The molecular formula is C12H16Br2N2O2S. The Labute approximate surface area is 130 Å². The first-order chi connectivity index (χ1) is 8.96. The van der Waals surface area contributed by atoms with Crippen molar-refractivity contribution in [3.05, 3.63) is 27.1 Å². The van der Waals surface area contributed by atoms with Crippen molar-refractivity contribution < 1.29 is 8.42 Å². The van der Waals surface area contributed by atoms with Gasteiger partial charge in [0.2, 0.25) is 10.0 Å². The molecule has 1 N–H and O–H groups in total. The lowest BCUT2D eigenvalue weighted by molar-refractivity contribution is 0.348. The van der Waals surface area contributed by atoms with Crippen molar-refractivity contribution in [1.29, 1.82) is 0 Å². The van der Waals surface area contributed by atoms with E-state index in [-0.39, 0.29) is 6.04 Å². The molecule has 0 aromatic heterocycles. The number of sulfonamides is 1. The molecule has 2 rings (SSSR count). The molecule has 1 aromatic rings. The van der Waals surface area contributed by atoms with Crippen LogP contribution in [0.1, 0.15) is 13.3 Å². The molecule has 19 heavy (non-hydrogen) atoms. The van der Waals surface area contributed by atoms with Crippen LogP contribution < -0.4 is 5.32 Å². The molecule has 0 aliphatic carbocycles.